The molecule has 0 atom stereocenters. The van der Waals surface area contributed by atoms with Crippen LogP contribution in [0.25, 0.3) is 110 Å². The molecule has 0 saturated carbocycles. The predicted molar refractivity (Wildman–Crippen MR) is 340 cm³/mol. The van der Waals surface area contributed by atoms with Crippen LogP contribution in [0.1, 0.15) is 74.9 Å². The van der Waals surface area contributed by atoms with Crippen molar-refractivity contribution in [3.63, 3.8) is 0 Å². The average molecular weight is 1020 g/mol. The summed E-state index contributed by atoms with van der Waals surface area (Å²) >= 11 is 0. The molecule has 0 radical (unpaired) electrons. The fourth-order valence-electron chi connectivity index (χ4n) is 14.9. The van der Waals surface area contributed by atoms with Gasteiger partial charge in [-0.3, -0.25) is 0 Å². The van der Waals surface area contributed by atoms with E-state index in [4.69, 9.17) is 0 Å². The molecule has 0 aliphatic heterocycles. The molecule has 13 aromatic carbocycles. The fraction of sp³-hybridized carbons (Fsp3) is 0.114. The molecule has 0 spiro atoms. The van der Waals surface area contributed by atoms with Crippen LogP contribution >= 0.6 is 0 Å². The van der Waals surface area contributed by atoms with Crippen LogP contribution in [-0.4, -0.2) is 0 Å². The molecule has 0 N–H and O–H groups in total. The monoisotopic (exact) mass is 1020 g/mol. The lowest BCUT2D eigenvalue weighted by atomic mass is 9.79. The molecule has 3 aliphatic rings. The Morgan fingerprint density at radius 1 is 0.237 bits per heavy atom. The molecular weight excluding hydrogens is 963 g/mol. The Labute approximate surface area is 469 Å². The molecule has 3 aliphatic carbocycles. The van der Waals surface area contributed by atoms with Crippen molar-refractivity contribution in [1.82, 2.24) is 0 Å². The van der Waals surface area contributed by atoms with E-state index < -0.39 is 0 Å². The van der Waals surface area contributed by atoms with Crippen molar-refractivity contribution >= 4 is 60.2 Å². The third kappa shape index (κ3) is 6.58. The number of nitrogens with zero attached hydrogens (tertiary/aromatic N) is 1. The van der Waals surface area contributed by atoms with Crippen LogP contribution in [0, 0.1) is 0 Å². The van der Waals surface area contributed by atoms with Crippen LogP contribution in [0.3, 0.4) is 0 Å². The molecule has 0 saturated heterocycles. The number of anilines is 3. The van der Waals surface area contributed by atoms with E-state index in [2.05, 4.69) is 295 Å². The number of hydrogen-bond acceptors (Lipinski definition) is 1. The summed E-state index contributed by atoms with van der Waals surface area (Å²) in [6, 6.07) is 94.3. The second-order valence-corrected chi connectivity index (χ2v) is 24.4. The highest BCUT2D eigenvalue weighted by Gasteiger charge is 2.39. The Kier molecular flexibility index (Phi) is 9.85. The summed E-state index contributed by atoms with van der Waals surface area (Å²) in [7, 11) is 0. The van der Waals surface area contributed by atoms with Gasteiger partial charge < -0.3 is 4.90 Å². The zero-order chi connectivity index (χ0) is 53.8. The smallest absolute Gasteiger partial charge is 0.0540 e. The minimum absolute atomic E-state index is 0.0457. The second-order valence-electron chi connectivity index (χ2n) is 24.4. The van der Waals surface area contributed by atoms with Crippen LogP contribution in [0.4, 0.5) is 17.1 Å². The molecule has 0 bridgehead atoms. The lowest BCUT2D eigenvalue weighted by Gasteiger charge is -2.30. The zero-order valence-electron chi connectivity index (χ0n) is 46.1. The van der Waals surface area contributed by atoms with Gasteiger partial charge in [-0.15, -0.1) is 0 Å². The number of fused-ring (bicyclic) bond motifs is 13. The molecular formula is C79H59N. The van der Waals surface area contributed by atoms with Gasteiger partial charge in [0, 0.05) is 32.7 Å². The minimum Gasteiger partial charge on any atom is -0.309 e. The van der Waals surface area contributed by atoms with E-state index in [1.807, 2.05) is 0 Å². The van der Waals surface area contributed by atoms with Gasteiger partial charge in [-0.25, -0.2) is 0 Å². The van der Waals surface area contributed by atoms with Gasteiger partial charge in [0.1, 0.15) is 0 Å². The normalized spacial score (nSPS) is 14.7. The van der Waals surface area contributed by atoms with Crippen LogP contribution < -0.4 is 4.90 Å². The quantitative estimate of drug-likeness (QED) is 0.150. The largest absolute Gasteiger partial charge is 0.309 e. The van der Waals surface area contributed by atoms with Crippen LogP contribution in [0.2, 0.25) is 0 Å². The van der Waals surface area contributed by atoms with Crippen molar-refractivity contribution in [2.75, 3.05) is 4.90 Å². The lowest BCUT2D eigenvalue weighted by Crippen LogP contribution is -2.17. The number of hydrogen-bond donors (Lipinski definition) is 0. The van der Waals surface area contributed by atoms with Crippen molar-refractivity contribution in [2.45, 2.75) is 57.8 Å². The number of benzene rings is 13. The maximum Gasteiger partial charge on any atom is 0.0540 e. The molecule has 1 nitrogen and oxygen atoms in total. The fourth-order valence-corrected chi connectivity index (χ4v) is 14.9. The van der Waals surface area contributed by atoms with E-state index in [0.29, 0.717) is 0 Å². The molecule has 0 aromatic heterocycles. The van der Waals surface area contributed by atoms with E-state index in [1.165, 1.54) is 155 Å². The van der Waals surface area contributed by atoms with E-state index in [1.54, 1.807) is 0 Å². The first kappa shape index (κ1) is 46.8. The Morgan fingerprint density at radius 2 is 0.550 bits per heavy atom. The Bertz CT molecular complexity index is 4660. The van der Waals surface area contributed by atoms with Gasteiger partial charge in [0.15, 0.2) is 0 Å². The molecule has 0 amide bonds. The van der Waals surface area contributed by atoms with E-state index in [0.717, 1.165) is 5.69 Å². The maximum absolute atomic E-state index is 2.52. The second kappa shape index (κ2) is 16.9. The van der Waals surface area contributed by atoms with E-state index >= 15 is 0 Å². The van der Waals surface area contributed by atoms with Crippen molar-refractivity contribution in [3.05, 3.63) is 282 Å². The third-order valence-corrected chi connectivity index (χ3v) is 19.0. The standard InChI is InChI=1S/C79H59N/c1-77(2)67-30-16-15-25-57(67)58-38-33-50(43-68(58)77)51-34-39-59-60-40-35-52(45-70(60)78(3,4)69(59)44-51)75-63-26-11-13-28-65(63)76(66-29-14-12-27-64(66)75)53-36-41-61-62-42-37-54(47-72(62)79(5,6)71(61)46-53)80(73-31-17-21-48-19-7-9-23-55(48)73)74-32-18-22-49-20-8-10-24-56(49)74/h7-47H,1-6H3. The van der Waals surface area contributed by atoms with Gasteiger partial charge in [-0.05, 0) is 181 Å². The highest BCUT2D eigenvalue weighted by Crippen LogP contribution is 2.56. The SMILES string of the molecule is CC1(C)c2ccccc2-c2ccc(-c3ccc4c(c3)C(C)(C)c3cc(-c5c6ccccc6c(-c6ccc7c(c6)C(C)(C)c6cc(N(c8cccc9ccccc89)c8cccc9ccccc89)ccc6-7)c6ccccc56)ccc3-4)cc21. The van der Waals surface area contributed by atoms with Crippen molar-refractivity contribution in [1.29, 1.82) is 0 Å². The van der Waals surface area contributed by atoms with E-state index in [-0.39, 0.29) is 16.2 Å². The number of rotatable bonds is 6. The predicted octanol–water partition coefficient (Wildman–Crippen LogP) is 21.7. The van der Waals surface area contributed by atoms with Crippen molar-refractivity contribution in [3.8, 4) is 66.8 Å². The maximum atomic E-state index is 2.52. The molecule has 16 rings (SSSR count). The molecule has 0 heterocycles. The third-order valence-electron chi connectivity index (χ3n) is 19.0. The summed E-state index contributed by atoms with van der Waals surface area (Å²) < 4.78 is 0. The van der Waals surface area contributed by atoms with Crippen LogP contribution in [-0.2, 0) is 16.2 Å². The summed E-state index contributed by atoms with van der Waals surface area (Å²) in [5.41, 5.74) is 26.9. The van der Waals surface area contributed by atoms with Crippen molar-refractivity contribution in [2.24, 2.45) is 0 Å². The van der Waals surface area contributed by atoms with Crippen molar-refractivity contribution < 1.29 is 0 Å². The summed E-state index contributed by atoms with van der Waals surface area (Å²) in [4.78, 5) is 2.49. The highest BCUT2D eigenvalue weighted by atomic mass is 15.1. The molecule has 0 fully saturated rings. The Hall–Kier alpha value is -9.30. The molecule has 1 heteroatoms. The molecule has 80 heavy (non-hydrogen) atoms. The summed E-state index contributed by atoms with van der Waals surface area (Å²) in [5, 5.41) is 9.98. The first-order chi connectivity index (χ1) is 38.9. The Balaban J connectivity index is 0.787. The lowest BCUT2D eigenvalue weighted by molar-refractivity contribution is 0.659. The first-order valence-corrected chi connectivity index (χ1v) is 28.5. The topological polar surface area (TPSA) is 3.24 Å². The van der Waals surface area contributed by atoms with Gasteiger partial charge >= 0.3 is 0 Å². The molecule has 13 aromatic rings. The molecule has 380 valence electrons. The van der Waals surface area contributed by atoms with Crippen LogP contribution in [0.15, 0.2) is 249 Å². The summed E-state index contributed by atoms with van der Waals surface area (Å²) in [6.45, 7) is 14.4. The average Bonchev–Trinajstić information content (AvgIpc) is 4.03. The van der Waals surface area contributed by atoms with Gasteiger partial charge in [-0.1, -0.05) is 242 Å². The first-order valence-electron chi connectivity index (χ1n) is 28.5. The highest BCUT2D eigenvalue weighted by molar-refractivity contribution is 6.22. The summed E-state index contributed by atoms with van der Waals surface area (Å²) in [5.74, 6) is 0. The van der Waals surface area contributed by atoms with Gasteiger partial charge in [0.05, 0.1) is 11.4 Å². The van der Waals surface area contributed by atoms with Gasteiger partial charge in [0.25, 0.3) is 0 Å². The van der Waals surface area contributed by atoms with Gasteiger partial charge in [-0.2, -0.15) is 0 Å². The zero-order valence-corrected chi connectivity index (χ0v) is 46.1. The Morgan fingerprint density at radius 3 is 1.00 bits per heavy atom. The molecule has 0 unspecified atom stereocenters. The summed E-state index contributed by atoms with van der Waals surface area (Å²) in [6.07, 6.45) is 0. The van der Waals surface area contributed by atoms with Gasteiger partial charge in [0.2, 0.25) is 0 Å². The minimum atomic E-state index is -0.272. The van der Waals surface area contributed by atoms with E-state index in [9.17, 15) is 0 Å². The van der Waals surface area contributed by atoms with Crippen LogP contribution in [0.5, 0.6) is 0 Å².